The summed E-state index contributed by atoms with van der Waals surface area (Å²) in [5, 5.41) is 3.66. The van der Waals surface area contributed by atoms with E-state index in [0.29, 0.717) is 39.9 Å². The van der Waals surface area contributed by atoms with Gasteiger partial charge >= 0.3 is 0 Å². The van der Waals surface area contributed by atoms with Crippen molar-refractivity contribution >= 4 is 50.9 Å². The third kappa shape index (κ3) is 5.32. The molecule has 1 N–H and O–H groups in total. The lowest BCUT2D eigenvalue weighted by Crippen LogP contribution is -1.98. The fraction of sp³-hybridized carbons (Fsp3) is 0.0385. The first-order chi connectivity index (χ1) is 17.1. The first kappa shape index (κ1) is 22.6. The van der Waals surface area contributed by atoms with Crippen LogP contribution < -0.4 is 10.1 Å². The van der Waals surface area contributed by atoms with Gasteiger partial charge < -0.3 is 14.5 Å². The highest BCUT2D eigenvalue weighted by atomic mass is 35.5. The molecule has 0 aliphatic heterocycles. The van der Waals surface area contributed by atoms with Crippen molar-refractivity contribution in [1.82, 2.24) is 9.97 Å². The number of rotatable bonds is 6. The SMILES string of the molecule is O=Cc1ccc(C#Cc2cc3ncnc(Nc4ccc(OCc5cccc(F)c5)c(Cl)c4)c3s2)o1. The Morgan fingerprint density at radius 3 is 2.83 bits per heavy atom. The molecule has 0 saturated carbocycles. The molecule has 9 heteroatoms. The van der Waals surface area contributed by atoms with Gasteiger partial charge in [0, 0.05) is 5.69 Å². The number of nitrogens with zero attached hydrogens (tertiary/aromatic N) is 2. The number of fused-ring (bicyclic) bond motifs is 1. The van der Waals surface area contributed by atoms with Crippen LogP contribution in [0.4, 0.5) is 15.9 Å². The van der Waals surface area contributed by atoms with Crippen molar-refractivity contribution in [3.05, 3.63) is 99.8 Å². The molecular weight excluding hydrogens is 489 g/mol. The van der Waals surface area contributed by atoms with Crippen LogP contribution in [-0.2, 0) is 6.61 Å². The van der Waals surface area contributed by atoms with E-state index in [1.807, 2.05) is 12.1 Å². The molecule has 0 amide bonds. The molecule has 2 aromatic carbocycles. The van der Waals surface area contributed by atoms with Gasteiger partial charge in [-0.2, -0.15) is 0 Å². The van der Waals surface area contributed by atoms with Crippen LogP contribution in [0.25, 0.3) is 10.2 Å². The highest BCUT2D eigenvalue weighted by Gasteiger charge is 2.10. The Morgan fingerprint density at radius 2 is 2.03 bits per heavy atom. The molecule has 0 spiro atoms. The summed E-state index contributed by atoms with van der Waals surface area (Å²) in [6.45, 7) is 0.199. The molecule has 0 radical (unpaired) electrons. The number of ether oxygens (including phenoxy) is 1. The second-order valence-corrected chi connectivity index (χ2v) is 8.77. The lowest BCUT2D eigenvalue weighted by atomic mass is 10.2. The van der Waals surface area contributed by atoms with Crippen molar-refractivity contribution in [3.8, 4) is 17.6 Å². The Bertz CT molecular complexity index is 1600. The monoisotopic (exact) mass is 503 g/mol. The summed E-state index contributed by atoms with van der Waals surface area (Å²) < 4.78 is 25.2. The van der Waals surface area contributed by atoms with E-state index in [1.165, 1.54) is 29.8 Å². The molecule has 0 saturated heterocycles. The Balaban J connectivity index is 1.32. The zero-order valence-electron chi connectivity index (χ0n) is 17.9. The number of nitrogens with one attached hydrogen (secondary N) is 1. The maximum Gasteiger partial charge on any atom is 0.185 e. The number of furan rings is 1. The summed E-state index contributed by atoms with van der Waals surface area (Å²) in [5.41, 5.74) is 2.16. The first-order valence-corrected chi connectivity index (χ1v) is 11.5. The van der Waals surface area contributed by atoms with Gasteiger partial charge in [0.2, 0.25) is 0 Å². The number of hydrogen-bond acceptors (Lipinski definition) is 7. The molecule has 0 aliphatic rings. The number of carbonyl (C=O) groups excluding carboxylic acids is 1. The molecular formula is C26H15ClFN3O3S. The minimum Gasteiger partial charge on any atom is -0.487 e. The second kappa shape index (κ2) is 9.97. The van der Waals surface area contributed by atoms with Gasteiger partial charge in [0.05, 0.1) is 20.1 Å². The number of anilines is 2. The first-order valence-electron chi connectivity index (χ1n) is 10.3. The summed E-state index contributed by atoms with van der Waals surface area (Å²) in [4.78, 5) is 20.2. The van der Waals surface area contributed by atoms with E-state index in [9.17, 15) is 9.18 Å². The van der Waals surface area contributed by atoms with Crippen LogP contribution in [0, 0.1) is 17.7 Å². The largest absolute Gasteiger partial charge is 0.487 e. The molecule has 35 heavy (non-hydrogen) atoms. The molecule has 5 aromatic rings. The summed E-state index contributed by atoms with van der Waals surface area (Å²) >= 11 is 7.84. The van der Waals surface area contributed by atoms with E-state index in [-0.39, 0.29) is 18.2 Å². The topological polar surface area (TPSA) is 77.2 Å². The number of hydrogen-bond donors (Lipinski definition) is 1. The summed E-state index contributed by atoms with van der Waals surface area (Å²) in [6.07, 6.45) is 2.10. The average molecular weight is 504 g/mol. The fourth-order valence-electron chi connectivity index (χ4n) is 3.23. The van der Waals surface area contributed by atoms with Gasteiger partial charge in [0.15, 0.2) is 23.6 Å². The summed E-state index contributed by atoms with van der Waals surface area (Å²) in [7, 11) is 0. The zero-order chi connectivity index (χ0) is 24.2. The van der Waals surface area contributed by atoms with Crippen molar-refractivity contribution < 1.29 is 18.3 Å². The van der Waals surface area contributed by atoms with Crippen molar-refractivity contribution in [2.24, 2.45) is 0 Å². The van der Waals surface area contributed by atoms with Crippen molar-refractivity contribution in [2.45, 2.75) is 6.61 Å². The van der Waals surface area contributed by atoms with E-state index < -0.39 is 0 Å². The summed E-state index contributed by atoms with van der Waals surface area (Å²) in [5.74, 6) is 7.34. The molecule has 0 aliphatic carbocycles. The van der Waals surface area contributed by atoms with Gasteiger partial charge in [-0.25, -0.2) is 14.4 Å². The highest BCUT2D eigenvalue weighted by molar-refractivity contribution is 7.20. The third-order valence-corrected chi connectivity index (χ3v) is 6.18. The van der Waals surface area contributed by atoms with Gasteiger partial charge in [0.1, 0.15) is 24.5 Å². The number of halogens is 2. The lowest BCUT2D eigenvalue weighted by molar-refractivity contribution is 0.110. The number of thiophene rings is 1. The quantitative estimate of drug-likeness (QED) is 0.207. The molecule has 0 unspecified atom stereocenters. The van der Waals surface area contributed by atoms with E-state index in [2.05, 4.69) is 27.1 Å². The van der Waals surface area contributed by atoms with Crippen LogP contribution in [0.3, 0.4) is 0 Å². The standard InChI is InChI=1S/C26H15ClFN3O3S/c27-22-11-18(4-9-24(22)33-14-16-2-1-3-17(28)10-16)31-26-25-23(29-15-30-26)12-21(35-25)8-7-19-5-6-20(13-32)34-19/h1-6,9-13,15H,14H2,(H,29,30,31). The van der Waals surface area contributed by atoms with E-state index in [1.54, 1.807) is 36.4 Å². The predicted molar refractivity (Wildman–Crippen MR) is 133 cm³/mol. The maximum atomic E-state index is 13.4. The molecule has 3 heterocycles. The number of aromatic nitrogens is 2. The van der Waals surface area contributed by atoms with Gasteiger partial charge in [0.25, 0.3) is 0 Å². The molecule has 172 valence electrons. The number of benzene rings is 2. The minimum absolute atomic E-state index is 0.199. The molecule has 0 atom stereocenters. The van der Waals surface area contributed by atoms with Gasteiger partial charge in [-0.3, -0.25) is 4.79 Å². The van der Waals surface area contributed by atoms with Crippen LogP contribution in [0.15, 0.2) is 71.4 Å². The third-order valence-electron chi connectivity index (χ3n) is 4.84. The second-order valence-electron chi connectivity index (χ2n) is 7.31. The van der Waals surface area contributed by atoms with Gasteiger partial charge in [-0.05, 0) is 65.9 Å². The van der Waals surface area contributed by atoms with Crippen molar-refractivity contribution in [1.29, 1.82) is 0 Å². The molecule has 6 nitrogen and oxygen atoms in total. The number of aldehydes is 1. The van der Waals surface area contributed by atoms with Crippen molar-refractivity contribution in [3.63, 3.8) is 0 Å². The zero-order valence-corrected chi connectivity index (χ0v) is 19.5. The molecule has 0 fully saturated rings. The Kier molecular flexibility index (Phi) is 6.44. The van der Waals surface area contributed by atoms with E-state index in [4.69, 9.17) is 20.8 Å². The molecule has 3 aromatic heterocycles. The maximum absolute atomic E-state index is 13.4. The van der Waals surface area contributed by atoms with Crippen LogP contribution in [0.5, 0.6) is 5.75 Å². The van der Waals surface area contributed by atoms with E-state index >= 15 is 0 Å². The smallest absolute Gasteiger partial charge is 0.185 e. The van der Waals surface area contributed by atoms with Crippen molar-refractivity contribution in [2.75, 3.05) is 5.32 Å². The lowest BCUT2D eigenvalue weighted by Gasteiger charge is -2.11. The molecule has 0 bridgehead atoms. The average Bonchev–Trinajstić information content (AvgIpc) is 3.49. The van der Waals surface area contributed by atoms with Crippen LogP contribution in [0.2, 0.25) is 5.02 Å². The van der Waals surface area contributed by atoms with Crippen LogP contribution >= 0.6 is 22.9 Å². The van der Waals surface area contributed by atoms with Gasteiger partial charge in [-0.1, -0.05) is 23.7 Å². The summed E-state index contributed by atoms with van der Waals surface area (Å²) in [6, 6.07) is 16.6. The Hall–Kier alpha value is -4.19. The number of carbonyl (C=O) groups is 1. The fourth-order valence-corrected chi connectivity index (χ4v) is 4.38. The predicted octanol–water partition coefficient (Wildman–Crippen LogP) is 6.61. The highest BCUT2D eigenvalue weighted by Crippen LogP contribution is 2.33. The normalized spacial score (nSPS) is 10.6. The van der Waals surface area contributed by atoms with E-state index in [0.717, 1.165) is 15.1 Å². The minimum atomic E-state index is -0.316. The van der Waals surface area contributed by atoms with Gasteiger partial charge in [-0.15, -0.1) is 11.3 Å². The van der Waals surface area contributed by atoms with Crippen LogP contribution in [-0.4, -0.2) is 16.3 Å². The Morgan fingerprint density at radius 1 is 1.11 bits per heavy atom. The molecule has 5 rings (SSSR count). The van der Waals surface area contributed by atoms with Crippen LogP contribution in [0.1, 0.15) is 26.8 Å². The Labute approximate surface area is 208 Å².